The summed E-state index contributed by atoms with van der Waals surface area (Å²) in [5.74, 6) is -0.987. The molecule has 1 amide bonds. The summed E-state index contributed by atoms with van der Waals surface area (Å²) in [6, 6.07) is 4.80. The number of amides is 1. The second-order valence-electron chi connectivity index (χ2n) is 3.64. The maximum absolute atomic E-state index is 10.7. The Hall–Kier alpha value is -1.43. The van der Waals surface area contributed by atoms with Crippen molar-refractivity contribution in [3.8, 4) is 0 Å². The van der Waals surface area contributed by atoms with Crippen molar-refractivity contribution in [3.05, 3.63) is 34.9 Å². The molecule has 2 atom stereocenters. The topological polar surface area (TPSA) is 104 Å². The predicted octanol–water partition coefficient (Wildman–Crippen LogP) is -0.633. The number of carbonyl (C=O) groups excluding carboxylic acids is 1. The highest BCUT2D eigenvalue weighted by molar-refractivity contribution is 5.79. The average molecular weight is 225 g/mol. The number of aryl methyl sites for hydroxylation is 1. The maximum Gasteiger partial charge on any atom is 0.249 e. The molecule has 0 heterocycles. The van der Waals surface area contributed by atoms with Gasteiger partial charge in [-0.2, -0.15) is 0 Å². The lowest BCUT2D eigenvalue weighted by Gasteiger charge is -2.16. The first kappa shape index (κ1) is 12.6. The van der Waals surface area contributed by atoms with E-state index in [0.717, 1.165) is 5.56 Å². The summed E-state index contributed by atoms with van der Waals surface area (Å²) < 4.78 is 0. The monoisotopic (exact) mass is 225 g/mol. The van der Waals surface area contributed by atoms with Crippen LogP contribution in [0.2, 0.25) is 0 Å². The van der Waals surface area contributed by atoms with Gasteiger partial charge in [0.15, 0.2) is 6.10 Å². The molecule has 0 aliphatic rings. The zero-order valence-electron chi connectivity index (χ0n) is 8.92. The Bertz CT molecular complexity index is 392. The second-order valence-corrected chi connectivity index (χ2v) is 3.64. The number of aliphatic hydroxyl groups is 3. The number of rotatable bonds is 4. The smallest absolute Gasteiger partial charge is 0.249 e. The van der Waals surface area contributed by atoms with Crippen molar-refractivity contribution in [3.63, 3.8) is 0 Å². The highest BCUT2D eigenvalue weighted by Crippen LogP contribution is 2.20. The third kappa shape index (κ3) is 2.57. The van der Waals surface area contributed by atoms with Gasteiger partial charge in [-0.3, -0.25) is 4.79 Å². The van der Waals surface area contributed by atoms with E-state index < -0.39 is 18.1 Å². The van der Waals surface area contributed by atoms with Crippen LogP contribution in [0.15, 0.2) is 18.2 Å². The van der Waals surface area contributed by atoms with Crippen LogP contribution in [-0.4, -0.2) is 27.3 Å². The summed E-state index contributed by atoms with van der Waals surface area (Å²) in [5.41, 5.74) is 6.72. The van der Waals surface area contributed by atoms with E-state index in [9.17, 15) is 15.0 Å². The molecule has 0 aliphatic heterocycles. The molecular weight excluding hydrogens is 210 g/mol. The highest BCUT2D eigenvalue weighted by atomic mass is 16.3. The van der Waals surface area contributed by atoms with E-state index in [2.05, 4.69) is 0 Å². The normalized spacial score (nSPS) is 14.5. The minimum Gasteiger partial charge on any atom is -0.392 e. The van der Waals surface area contributed by atoms with Gasteiger partial charge in [-0.25, -0.2) is 0 Å². The Balaban J connectivity index is 3.00. The van der Waals surface area contributed by atoms with E-state index in [4.69, 9.17) is 10.8 Å². The first-order valence-electron chi connectivity index (χ1n) is 4.83. The van der Waals surface area contributed by atoms with Crippen LogP contribution in [0, 0.1) is 6.92 Å². The van der Waals surface area contributed by atoms with Gasteiger partial charge in [0, 0.05) is 0 Å². The summed E-state index contributed by atoms with van der Waals surface area (Å²) >= 11 is 0. The van der Waals surface area contributed by atoms with Crippen LogP contribution >= 0.6 is 0 Å². The van der Waals surface area contributed by atoms with Crippen LogP contribution in [0.1, 0.15) is 22.8 Å². The second kappa shape index (κ2) is 5.07. The largest absolute Gasteiger partial charge is 0.392 e. The average Bonchev–Trinajstić information content (AvgIpc) is 2.27. The van der Waals surface area contributed by atoms with E-state index in [-0.39, 0.29) is 6.61 Å². The first-order chi connectivity index (χ1) is 7.47. The van der Waals surface area contributed by atoms with Crippen molar-refractivity contribution >= 4 is 5.91 Å². The molecule has 5 N–H and O–H groups in total. The molecule has 16 heavy (non-hydrogen) atoms. The molecule has 1 aromatic carbocycles. The first-order valence-corrected chi connectivity index (χ1v) is 4.83. The third-order valence-electron chi connectivity index (χ3n) is 2.48. The van der Waals surface area contributed by atoms with Gasteiger partial charge < -0.3 is 21.1 Å². The molecule has 0 saturated heterocycles. The Morgan fingerprint density at radius 2 is 2.06 bits per heavy atom. The van der Waals surface area contributed by atoms with E-state index in [0.29, 0.717) is 11.1 Å². The summed E-state index contributed by atoms with van der Waals surface area (Å²) in [4.78, 5) is 10.7. The lowest BCUT2D eigenvalue weighted by atomic mass is 9.99. The fourth-order valence-electron chi connectivity index (χ4n) is 1.38. The lowest BCUT2D eigenvalue weighted by molar-refractivity contribution is -0.131. The summed E-state index contributed by atoms with van der Waals surface area (Å²) in [6.45, 7) is 1.64. The minimum absolute atomic E-state index is 0.168. The highest BCUT2D eigenvalue weighted by Gasteiger charge is 2.23. The number of hydrogen-bond acceptors (Lipinski definition) is 4. The van der Waals surface area contributed by atoms with Gasteiger partial charge in [-0.15, -0.1) is 0 Å². The molecule has 5 heteroatoms. The van der Waals surface area contributed by atoms with Crippen molar-refractivity contribution < 1.29 is 20.1 Å². The molecule has 1 aromatic rings. The van der Waals surface area contributed by atoms with E-state index in [1.165, 1.54) is 6.07 Å². The van der Waals surface area contributed by atoms with Crippen molar-refractivity contribution in [1.29, 1.82) is 0 Å². The van der Waals surface area contributed by atoms with E-state index >= 15 is 0 Å². The SMILES string of the molecule is Cc1ccc(C(O)C(O)C(N)=O)cc1CO. The fraction of sp³-hybridized carbons (Fsp3) is 0.364. The lowest BCUT2D eigenvalue weighted by Crippen LogP contribution is -2.33. The molecule has 0 bridgehead atoms. The number of carbonyl (C=O) groups is 1. The molecule has 5 nitrogen and oxygen atoms in total. The Kier molecular flexibility index (Phi) is 4.00. The van der Waals surface area contributed by atoms with Gasteiger partial charge in [0.05, 0.1) is 6.61 Å². The van der Waals surface area contributed by atoms with Crippen LogP contribution < -0.4 is 5.73 Å². The van der Waals surface area contributed by atoms with Gasteiger partial charge in [0.1, 0.15) is 6.10 Å². The third-order valence-corrected chi connectivity index (χ3v) is 2.48. The number of hydrogen-bond donors (Lipinski definition) is 4. The molecule has 0 fully saturated rings. The van der Waals surface area contributed by atoms with Gasteiger partial charge in [0.2, 0.25) is 5.91 Å². The van der Waals surface area contributed by atoms with Crippen molar-refractivity contribution in [1.82, 2.24) is 0 Å². The minimum atomic E-state index is -1.64. The van der Waals surface area contributed by atoms with Crippen LogP contribution in [0.25, 0.3) is 0 Å². The van der Waals surface area contributed by atoms with Gasteiger partial charge in [0.25, 0.3) is 0 Å². The van der Waals surface area contributed by atoms with E-state index in [1.807, 2.05) is 6.92 Å². The number of nitrogens with two attached hydrogens (primary N) is 1. The Labute approximate surface area is 93.1 Å². The molecule has 0 aromatic heterocycles. The van der Waals surface area contributed by atoms with Gasteiger partial charge >= 0.3 is 0 Å². The molecule has 1 rings (SSSR count). The molecular formula is C11H15NO4. The fourth-order valence-corrected chi connectivity index (χ4v) is 1.38. The van der Waals surface area contributed by atoms with Crippen molar-refractivity contribution in [2.24, 2.45) is 5.73 Å². The van der Waals surface area contributed by atoms with Crippen LogP contribution in [0.3, 0.4) is 0 Å². The quantitative estimate of drug-likeness (QED) is 0.547. The van der Waals surface area contributed by atoms with Crippen molar-refractivity contribution in [2.75, 3.05) is 0 Å². The Morgan fingerprint density at radius 1 is 1.44 bits per heavy atom. The maximum atomic E-state index is 10.7. The number of benzene rings is 1. The Morgan fingerprint density at radius 3 is 2.56 bits per heavy atom. The zero-order valence-corrected chi connectivity index (χ0v) is 8.92. The van der Waals surface area contributed by atoms with Gasteiger partial charge in [-0.1, -0.05) is 18.2 Å². The number of aliphatic hydroxyl groups excluding tert-OH is 3. The van der Waals surface area contributed by atoms with Crippen LogP contribution in [0.5, 0.6) is 0 Å². The zero-order chi connectivity index (χ0) is 12.3. The molecule has 0 saturated carbocycles. The molecule has 2 unspecified atom stereocenters. The van der Waals surface area contributed by atoms with Crippen molar-refractivity contribution in [2.45, 2.75) is 25.7 Å². The summed E-state index contributed by atoms with van der Waals surface area (Å²) in [5, 5.41) is 28.0. The van der Waals surface area contributed by atoms with Gasteiger partial charge in [-0.05, 0) is 23.6 Å². The van der Waals surface area contributed by atoms with Crippen LogP contribution in [-0.2, 0) is 11.4 Å². The molecule has 88 valence electrons. The molecule has 0 spiro atoms. The standard InChI is InChI=1S/C11H15NO4/c1-6-2-3-7(4-8(6)5-13)9(14)10(15)11(12)16/h2-4,9-10,13-15H,5H2,1H3,(H2,12,16). The molecule has 0 radical (unpaired) electrons. The molecule has 0 aliphatic carbocycles. The summed E-state index contributed by atoms with van der Waals surface area (Å²) in [6.07, 6.45) is -3.02. The predicted molar refractivity (Wildman–Crippen MR) is 57.3 cm³/mol. The number of primary amides is 1. The van der Waals surface area contributed by atoms with E-state index in [1.54, 1.807) is 12.1 Å². The summed E-state index contributed by atoms with van der Waals surface area (Å²) in [7, 11) is 0. The van der Waals surface area contributed by atoms with Crippen LogP contribution in [0.4, 0.5) is 0 Å².